The van der Waals surface area contributed by atoms with Gasteiger partial charge in [-0.15, -0.1) is 0 Å². The lowest BCUT2D eigenvalue weighted by molar-refractivity contribution is -0.153. The molecule has 3 fully saturated rings. The fraction of sp³-hybridized carbons (Fsp3) is 0.643. The number of ether oxygens (including phenoxy) is 2. The van der Waals surface area contributed by atoms with Crippen molar-refractivity contribution >= 4 is 44.5 Å². The van der Waals surface area contributed by atoms with Gasteiger partial charge in [0.15, 0.2) is 5.78 Å². The molecular formula is C42H54F3N3O8S. The van der Waals surface area contributed by atoms with E-state index in [2.05, 4.69) is 9.71 Å². The van der Waals surface area contributed by atoms with E-state index in [-0.39, 0.29) is 63.2 Å². The fourth-order valence-electron chi connectivity index (χ4n) is 8.92. The van der Waals surface area contributed by atoms with E-state index in [1.807, 2.05) is 12.2 Å². The number of aryl methyl sites for hydroxylation is 2. The number of benzene rings is 1. The quantitative estimate of drug-likeness (QED) is 0.234. The predicted octanol–water partition coefficient (Wildman–Crippen LogP) is 7.31. The number of alkyl halides is 3. The first-order chi connectivity index (χ1) is 26.3. The summed E-state index contributed by atoms with van der Waals surface area (Å²) in [5.74, 6) is -2.97. The second kappa shape index (κ2) is 15.3. The van der Waals surface area contributed by atoms with Crippen molar-refractivity contribution in [3.05, 3.63) is 47.2 Å². The third-order valence-electron chi connectivity index (χ3n) is 12.6. The Labute approximate surface area is 332 Å². The van der Waals surface area contributed by atoms with Crippen molar-refractivity contribution in [2.45, 2.75) is 147 Å². The zero-order valence-electron chi connectivity index (χ0n) is 32.3. The standard InChI is InChI=1S/C41H50F3N3O8S.CH4/c1-24(2)54-33(49)19-26-11-8-6-5-7-9-12-27-20-40(27,37(51)46-56(52,53)38(4)17-18-38)22-32(48)31-21-39(23-47(31)36(26)50)16-15-29-28-13-10-14-30(41(42,43)44)34(28)45-25(3)35(29)55-39;/h9-10,12-14,24,26-27,31H,5-8,11,15-23H2,1-4H3,(H,46,51);1H4/b12-9-;/t26-,27-,31+,39-,40-;/m1./s1. The summed E-state index contributed by atoms with van der Waals surface area (Å²) in [6, 6.07) is 2.84. The van der Waals surface area contributed by atoms with Gasteiger partial charge < -0.3 is 14.4 Å². The minimum atomic E-state index is -4.62. The van der Waals surface area contributed by atoms with Crippen LogP contribution >= 0.6 is 0 Å². The Bertz CT molecular complexity index is 2100. The molecule has 0 unspecified atom stereocenters. The number of carbonyl (C=O) groups excluding carboxylic acids is 4. The van der Waals surface area contributed by atoms with Gasteiger partial charge in [0.05, 0.1) is 52.0 Å². The molecule has 1 spiro atoms. The summed E-state index contributed by atoms with van der Waals surface area (Å²) in [5, 5.41) is 0.315. The molecule has 7 rings (SSSR count). The summed E-state index contributed by atoms with van der Waals surface area (Å²) >= 11 is 0. The Hall–Kier alpha value is -4.01. The number of fused-ring (bicyclic) bond motifs is 5. The minimum Gasteiger partial charge on any atom is -0.483 e. The molecule has 1 saturated heterocycles. The number of hydrogen-bond acceptors (Lipinski definition) is 9. The average Bonchev–Trinajstić information content (AvgIpc) is 4.01. The topological polar surface area (TPSA) is 149 Å². The lowest BCUT2D eigenvalue weighted by Crippen LogP contribution is -2.48. The molecule has 0 radical (unpaired) electrons. The van der Waals surface area contributed by atoms with Crippen LogP contribution in [0.1, 0.15) is 122 Å². The van der Waals surface area contributed by atoms with Crippen LogP contribution in [0.5, 0.6) is 5.75 Å². The number of sulfonamides is 1. The van der Waals surface area contributed by atoms with Crippen LogP contribution in [0.3, 0.4) is 0 Å². The molecule has 1 aromatic carbocycles. The number of ketones is 1. The SMILES string of the molecule is C.Cc1nc2c(C(F)(F)F)cccc2c2c1O[C@]1(CC2)C[C@H]2C(=O)C[C@]3(C(=O)NS(=O)(=O)C4(C)CC4)C[C@H]3/C=C\CCCCC[C@H](CC(=O)OC(C)C)C(=O)N2C1. The molecule has 2 aliphatic carbocycles. The summed E-state index contributed by atoms with van der Waals surface area (Å²) in [6.07, 6.45) is 3.35. The summed E-state index contributed by atoms with van der Waals surface area (Å²) in [7, 11) is -4.00. The van der Waals surface area contributed by atoms with E-state index in [0.717, 1.165) is 18.9 Å². The summed E-state index contributed by atoms with van der Waals surface area (Å²) < 4.78 is 81.8. The highest BCUT2D eigenvalue weighted by atomic mass is 32.2. The molecule has 3 aliphatic heterocycles. The minimum absolute atomic E-state index is 0. The number of esters is 1. The highest BCUT2D eigenvalue weighted by molar-refractivity contribution is 7.91. The van der Waals surface area contributed by atoms with Gasteiger partial charge in [-0.25, -0.2) is 13.4 Å². The molecule has 312 valence electrons. The van der Waals surface area contributed by atoms with Crippen molar-refractivity contribution in [1.82, 2.24) is 14.6 Å². The Morgan fingerprint density at radius 2 is 1.84 bits per heavy atom. The number of halogens is 3. The second-order valence-electron chi connectivity index (χ2n) is 17.2. The Kier molecular flexibility index (Phi) is 11.4. The van der Waals surface area contributed by atoms with Gasteiger partial charge in [0, 0.05) is 29.7 Å². The molecule has 1 aromatic heterocycles. The molecular weight excluding hydrogens is 764 g/mol. The number of hydrogen-bond donors (Lipinski definition) is 1. The van der Waals surface area contributed by atoms with Crippen LogP contribution in [0.25, 0.3) is 10.9 Å². The average molecular weight is 818 g/mol. The third kappa shape index (κ3) is 8.18. The van der Waals surface area contributed by atoms with Crippen molar-refractivity contribution in [2.75, 3.05) is 6.54 Å². The van der Waals surface area contributed by atoms with Gasteiger partial charge in [0.2, 0.25) is 21.8 Å². The van der Waals surface area contributed by atoms with E-state index < -0.39 is 79.2 Å². The monoisotopic (exact) mass is 817 g/mol. The number of amides is 2. The number of allylic oxidation sites excluding steroid dienone is 2. The molecule has 2 amide bonds. The van der Waals surface area contributed by atoms with Crippen LogP contribution in [0.2, 0.25) is 0 Å². The van der Waals surface area contributed by atoms with Gasteiger partial charge in [0.25, 0.3) is 0 Å². The molecule has 1 N–H and O–H groups in total. The molecule has 4 heterocycles. The Morgan fingerprint density at radius 3 is 2.53 bits per heavy atom. The smallest absolute Gasteiger partial charge is 0.418 e. The molecule has 5 aliphatic rings. The first-order valence-corrected chi connectivity index (χ1v) is 21.2. The van der Waals surface area contributed by atoms with Crippen LogP contribution < -0.4 is 9.46 Å². The van der Waals surface area contributed by atoms with E-state index in [4.69, 9.17) is 9.47 Å². The molecule has 2 saturated carbocycles. The molecule has 0 bridgehead atoms. The van der Waals surface area contributed by atoms with Gasteiger partial charge in [-0.2, -0.15) is 13.2 Å². The van der Waals surface area contributed by atoms with Crippen LogP contribution in [0, 0.1) is 24.2 Å². The van der Waals surface area contributed by atoms with Gasteiger partial charge in [-0.3, -0.25) is 23.9 Å². The third-order valence-corrected chi connectivity index (χ3v) is 14.7. The van der Waals surface area contributed by atoms with Gasteiger partial charge in [-0.1, -0.05) is 44.6 Å². The zero-order valence-corrected chi connectivity index (χ0v) is 33.1. The van der Waals surface area contributed by atoms with Crippen molar-refractivity contribution < 1.29 is 50.2 Å². The van der Waals surface area contributed by atoms with E-state index in [0.29, 0.717) is 55.2 Å². The number of nitrogens with one attached hydrogen (secondary N) is 1. The molecule has 11 nitrogen and oxygen atoms in total. The number of carbonyl (C=O) groups is 4. The van der Waals surface area contributed by atoms with E-state index in [1.165, 1.54) is 11.0 Å². The first-order valence-electron chi connectivity index (χ1n) is 19.7. The maximum atomic E-state index is 14.7. The molecule has 57 heavy (non-hydrogen) atoms. The second-order valence-corrected chi connectivity index (χ2v) is 19.4. The highest BCUT2D eigenvalue weighted by Crippen LogP contribution is 2.58. The van der Waals surface area contributed by atoms with E-state index >= 15 is 0 Å². The first kappa shape index (κ1) is 42.6. The Morgan fingerprint density at radius 1 is 1.11 bits per heavy atom. The maximum Gasteiger partial charge on any atom is 0.418 e. The van der Waals surface area contributed by atoms with Crippen molar-refractivity contribution in [1.29, 1.82) is 0 Å². The van der Waals surface area contributed by atoms with Crippen LogP contribution in [0.4, 0.5) is 13.2 Å². The molecule has 5 atom stereocenters. The largest absolute Gasteiger partial charge is 0.483 e. The van der Waals surface area contributed by atoms with Crippen LogP contribution in [0.15, 0.2) is 30.4 Å². The zero-order chi connectivity index (χ0) is 40.4. The van der Waals surface area contributed by atoms with Crippen molar-refractivity contribution in [2.24, 2.45) is 17.3 Å². The van der Waals surface area contributed by atoms with Crippen molar-refractivity contribution in [3.63, 3.8) is 0 Å². The Balaban J connectivity index is 0.00000549. The van der Waals surface area contributed by atoms with E-state index in [9.17, 15) is 40.8 Å². The number of aromatic nitrogens is 1. The van der Waals surface area contributed by atoms with Crippen LogP contribution in [-0.2, 0) is 46.5 Å². The number of para-hydroxylation sites is 1. The van der Waals surface area contributed by atoms with E-state index in [1.54, 1.807) is 33.8 Å². The van der Waals surface area contributed by atoms with Crippen molar-refractivity contribution in [3.8, 4) is 5.75 Å². The predicted molar refractivity (Wildman–Crippen MR) is 206 cm³/mol. The maximum absolute atomic E-state index is 14.7. The summed E-state index contributed by atoms with van der Waals surface area (Å²) in [5.41, 5.74) is -2.67. The summed E-state index contributed by atoms with van der Waals surface area (Å²) in [6.45, 7) is 6.56. The number of Topliss-reactive ketones (excluding diaryl/α,β-unsaturated/α-hetero) is 1. The lowest BCUT2D eigenvalue weighted by Gasteiger charge is -2.37. The van der Waals surface area contributed by atoms with Gasteiger partial charge >= 0.3 is 12.1 Å². The molecule has 2 aromatic rings. The number of nitrogens with zero attached hydrogens (tertiary/aromatic N) is 2. The fourth-order valence-corrected chi connectivity index (χ4v) is 10.3. The lowest BCUT2D eigenvalue weighted by atomic mass is 9.85. The molecule has 15 heteroatoms. The highest BCUT2D eigenvalue weighted by Gasteiger charge is 2.63. The number of pyridine rings is 1. The summed E-state index contributed by atoms with van der Waals surface area (Å²) in [4.78, 5) is 62.2. The number of rotatable bonds is 6. The van der Waals surface area contributed by atoms with Gasteiger partial charge in [-0.05, 0) is 91.0 Å². The van der Waals surface area contributed by atoms with Gasteiger partial charge in [0.1, 0.15) is 11.4 Å². The van der Waals surface area contributed by atoms with Crippen LogP contribution in [-0.4, -0.2) is 70.9 Å². The normalized spacial score (nSPS) is 29.2.